The van der Waals surface area contributed by atoms with Crippen LogP contribution in [0, 0.1) is 22.1 Å². The molecule has 0 spiro atoms. The normalized spacial score (nSPS) is 13.2. The van der Waals surface area contributed by atoms with Gasteiger partial charge in [0.1, 0.15) is 28.0 Å². The molecule has 2 aromatic carbocycles. The predicted molar refractivity (Wildman–Crippen MR) is 170 cm³/mol. The van der Waals surface area contributed by atoms with Crippen LogP contribution >= 0.6 is 34.2 Å². The second-order valence-corrected chi connectivity index (χ2v) is 13.3. The zero-order valence-corrected chi connectivity index (χ0v) is 27.4. The van der Waals surface area contributed by atoms with Crippen molar-refractivity contribution in [1.82, 2.24) is 19.5 Å². The van der Waals surface area contributed by atoms with Crippen LogP contribution in [0.1, 0.15) is 28.8 Å². The smallest absolute Gasteiger partial charge is 0.299 e. The zero-order chi connectivity index (χ0) is 31.6. The molecule has 1 aliphatic carbocycles. The molecule has 16 heteroatoms. The summed E-state index contributed by atoms with van der Waals surface area (Å²) in [4.78, 5) is 28.5. The fourth-order valence-electron chi connectivity index (χ4n) is 3.99. The van der Waals surface area contributed by atoms with E-state index >= 15 is 4.39 Å². The van der Waals surface area contributed by atoms with Crippen molar-refractivity contribution in [1.29, 1.82) is 0 Å². The number of amides is 1. The van der Waals surface area contributed by atoms with Crippen molar-refractivity contribution in [2.75, 3.05) is 37.2 Å². The van der Waals surface area contributed by atoms with E-state index in [1.54, 1.807) is 25.1 Å². The van der Waals surface area contributed by atoms with Crippen LogP contribution in [0.5, 0.6) is 11.5 Å². The van der Waals surface area contributed by atoms with E-state index in [0.717, 1.165) is 23.5 Å². The Morgan fingerprint density at radius 1 is 1.19 bits per heavy atom. The standard InChI is InChI=1S/C27H30ClF2IN6O5S/c1-14-24(42-20-10-9-19(23(30)22(20)28)35-43(40,41)32-11-12-36(2)3)21(26(38)33-16-6-7-16)25(37(4)27(14)39)34-18-8-5-15(31)13-17(18)29/h5,8-10,13,16,32,34-35H,6-7,11-12H2,1-4H3,(H,33,38). The molecule has 1 amide bonds. The highest BCUT2D eigenvalue weighted by atomic mass is 127. The van der Waals surface area contributed by atoms with Gasteiger partial charge in [-0.15, -0.1) is 0 Å². The van der Waals surface area contributed by atoms with E-state index in [9.17, 15) is 22.4 Å². The van der Waals surface area contributed by atoms with Crippen LogP contribution in [-0.2, 0) is 17.3 Å². The molecule has 0 bridgehead atoms. The fraction of sp³-hybridized carbons (Fsp3) is 0.333. The summed E-state index contributed by atoms with van der Waals surface area (Å²) in [6.07, 6.45) is 1.53. The molecule has 0 aliphatic heterocycles. The number of hydrogen-bond donors (Lipinski definition) is 4. The first-order chi connectivity index (χ1) is 20.2. The van der Waals surface area contributed by atoms with Crippen LogP contribution in [0.4, 0.5) is 26.0 Å². The quantitative estimate of drug-likeness (QED) is 0.201. The number of halogens is 4. The lowest BCUT2D eigenvalue weighted by Crippen LogP contribution is -2.35. The highest BCUT2D eigenvalue weighted by molar-refractivity contribution is 14.1. The lowest BCUT2D eigenvalue weighted by atomic mass is 10.1. The van der Waals surface area contributed by atoms with Gasteiger partial charge in [0.2, 0.25) is 0 Å². The molecular formula is C27H30ClF2IN6O5S. The monoisotopic (exact) mass is 750 g/mol. The molecule has 1 saturated carbocycles. The summed E-state index contributed by atoms with van der Waals surface area (Å²) in [7, 11) is 0.828. The fourth-order valence-corrected chi connectivity index (χ4v) is 5.52. The molecule has 43 heavy (non-hydrogen) atoms. The Kier molecular flexibility index (Phi) is 10.2. The van der Waals surface area contributed by atoms with Gasteiger partial charge in [-0.3, -0.25) is 18.9 Å². The van der Waals surface area contributed by atoms with Crippen molar-refractivity contribution in [3.8, 4) is 11.5 Å². The van der Waals surface area contributed by atoms with Crippen molar-refractivity contribution < 1.29 is 26.7 Å². The first kappa shape index (κ1) is 32.9. The molecule has 0 radical (unpaired) electrons. The van der Waals surface area contributed by atoms with E-state index in [1.165, 1.54) is 32.2 Å². The SMILES string of the molecule is Cc1c(Oc2ccc(NS(=O)(=O)NCCN(C)C)c(F)c2Cl)c(C(=O)NC2CC2)c(Nc2ccc(I)cc2F)n(C)c1=O. The van der Waals surface area contributed by atoms with Gasteiger partial charge in [0.25, 0.3) is 21.7 Å². The van der Waals surface area contributed by atoms with E-state index in [-0.39, 0.29) is 46.7 Å². The summed E-state index contributed by atoms with van der Waals surface area (Å²) < 4.78 is 67.0. The van der Waals surface area contributed by atoms with Crippen molar-refractivity contribution in [3.63, 3.8) is 0 Å². The first-order valence-corrected chi connectivity index (χ1v) is 16.0. The summed E-state index contributed by atoms with van der Waals surface area (Å²) in [6, 6.07) is 6.62. The summed E-state index contributed by atoms with van der Waals surface area (Å²) in [6.45, 7) is 1.92. The Morgan fingerprint density at radius 2 is 1.86 bits per heavy atom. The average Bonchev–Trinajstić information content (AvgIpc) is 3.74. The van der Waals surface area contributed by atoms with Crippen LogP contribution in [0.3, 0.4) is 0 Å². The van der Waals surface area contributed by atoms with Gasteiger partial charge in [0.05, 0.1) is 16.9 Å². The van der Waals surface area contributed by atoms with Crippen LogP contribution < -0.4 is 30.4 Å². The van der Waals surface area contributed by atoms with Gasteiger partial charge in [-0.2, -0.15) is 13.1 Å². The number of nitrogens with one attached hydrogen (secondary N) is 4. The van der Waals surface area contributed by atoms with Gasteiger partial charge >= 0.3 is 0 Å². The number of pyridine rings is 1. The maximum Gasteiger partial charge on any atom is 0.299 e. The van der Waals surface area contributed by atoms with Gasteiger partial charge in [0, 0.05) is 29.7 Å². The molecule has 0 saturated heterocycles. The minimum absolute atomic E-state index is 0.00317. The molecule has 4 rings (SSSR count). The molecule has 4 N–H and O–H groups in total. The topological polar surface area (TPSA) is 134 Å². The molecule has 3 aromatic rings. The number of rotatable bonds is 12. The van der Waals surface area contributed by atoms with E-state index in [1.807, 2.05) is 22.6 Å². The molecule has 0 unspecified atom stereocenters. The maximum atomic E-state index is 15.3. The van der Waals surface area contributed by atoms with E-state index in [2.05, 4.69) is 20.1 Å². The van der Waals surface area contributed by atoms with Gasteiger partial charge in [-0.25, -0.2) is 8.78 Å². The van der Waals surface area contributed by atoms with E-state index < -0.39 is 44.0 Å². The number of anilines is 3. The zero-order valence-electron chi connectivity index (χ0n) is 23.6. The molecule has 1 heterocycles. The molecule has 1 fully saturated rings. The Balaban J connectivity index is 1.75. The highest BCUT2D eigenvalue weighted by Gasteiger charge is 2.31. The second kappa shape index (κ2) is 13.3. The summed E-state index contributed by atoms with van der Waals surface area (Å²) in [5.41, 5.74) is -1.14. The number of benzene rings is 2. The molecule has 0 atom stereocenters. The average molecular weight is 751 g/mol. The van der Waals surface area contributed by atoms with Crippen LogP contribution in [0.15, 0.2) is 35.1 Å². The van der Waals surface area contributed by atoms with Gasteiger partial charge < -0.3 is 20.3 Å². The maximum absolute atomic E-state index is 15.3. The minimum atomic E-state index is -4.13. The van der Waals surface area contributed by atoms with Crippen molar-refractivity contribution >= 4 is 67.5 Å². The van der Waals surface area contributed by atoms with E-state index in [4.69, 9.17) is 16.3 Å². The van der Waals surface area contributed by atoms with Crippen molar-refractivity contribution in [2.45, 2.75) is 25.8 Å². The number of ether oxygens (including phenoxy) is 1. The number of carbonyl (C=O) groups excluding carboxylic acids is 1. The third kappa shape index (κ3) is 7.94. The Labute approximate surface area is 266 Å². The third-order valence-corrected chi connectivity index (χ3v) is 8.54. The lowest BCUT2D eigenvalue weighted by Gasteiger charge is -2.22. The summed E-state index contributed by atoms with van der Waals surface area (Å²) in [5, 5.41) is 5.08. The molecule has 1 aliphatic rings. The second-order valence-electron chi connectivity index (χ2n) is 10.2. The number of hydrogen-bond acceptors (Lipinski definition) is 7. The van der Waals surface area contributed by atoms with E-state index in [0.29, 0.717) is 10.1 Å². The highest BCUT2D eigenvalue weighted by Crippen LogP contribution is 2.39. The largest absolute Gasteiger partial charge is 0.454 e. The van der Waals surface area contributed by atoms with Gasteiger partial charge in [-0.05, 0) is 86.8 Å². The van der Waals surface area contributed by atoms with Crippen LogP contribution in [0.2, 0.25) is 5.02 Å². The van der Waals surface area contributed by atoms with Crippen LogP contribution in [-0.4, -0.2) is 57.0 Å². The number of likely N-dealkylation sites (N-methyl/N-ethyl adjacent to an activating group) is 1. The molecule has 232 valence electrons. The Hall–Kier alpha value is -2.99. The van der Waals surface area contributed by atoms with Crippen molar-refractivity contribution in [2.24, 2.45) is 7.05 Å². The Morgan fingerprint density at radius 3 is 2.49 bits per heavy atom. The molecule has 11 nitrogen and oxygen atoms in total. The number of aromatic nitrogens is 1. The van der Waals surface area contributed by atoms with Gasteiger partial charge in [-0.1, -0.05) is 11.6 Å². The van der Waals surface area contributed by atoms with Crippen LogP contribution in [0.25, 0.3) is 0 Å². The summed E-state index contributed by atoms with van der Waals surface area (Å²) in [5.74, 6) is -2.93. The van der Waals surface area contributed by atoms with Gasteiger partial charge in [0.15, 0.2) is 11.6 Å². The lowest BCUT2D eigenvalue weighted by molar-refractivity contribution is 0.0948. The molecule has 1 aromatic heterocycles. The Bertz CT molecular complexity index is 1730. The number of carbonyl (C=O) groups is 1. The third-order valence-electron chi connectivity index (χ3n) is 6.44. The first-order valence-electron chi connectivity index (χ1n) is 13.0. The number of nitrogens with zero attached hydrogens (tertiary/aromatic N) is 2. The van der Waals surface area contributed by atoms with Crippen molar-refractivity contribution in [3.05, 3.63) is 72.0 Å². The predicted octanol–water partition coefficient (Wildman–Crippen LogP) is 4.47. The molecular weight excluding hydrogens is 721 g/mol. The minimum Gasteiger partial charge on any atom is -0.454 e. The summed E-state index contributed by atoms with van der Waals surface area (Å²) >= 11 is 8.22.